The van der Waals surface area contributed by atoms with E-state index in [1.807, 2.05) is 5.32 Å². The van der Waals surface area contributed by atoms with E-state index in [2.05, 4.69) is 0 Å². The summed E-state index contributed by atoms with van der Waals surface area (Å²) >= 11 is 0. The first kappa shape index (κ1) is 7.46. The highest BCUT2D eigenvalue weighted by Gasteiger charge is 2.22. The summed E-state index contributed by atoms with van der Waals surface area (Å²) in [5, 5.41) is 20.9. The third kappa shape index (κ3) is 1.44. The van der Waals surface area contributed by atoms with Crippen LogP contribution in [0.5, 0.6) is 0 Å². The lowest BCUT2D eigenvalue weighted by Gasteiger charge is -2.19. The normalized spacial score (nSPS) is 22.9. The van der Waals surface area contributed by atoms with Crippen molar-refractivity contribution >= 4 is 5.97 Å². The second-order valence-electron chi connectivity index (χ2n) is 2.26. The topological polar surface area (TPSA) is 80.2 Å². The molecule has 58 valence electrons. The number of quaternary nitrogens is 1. The van der Waals surface area contributed by atoms with Gasteiger partial charge in [-0.05, 0) is 0 Å². The van der Waals surface area contributed by atoms with E-state index in [0.29, 0.717) is 13.2 Å². The van der Waals surface area contributed by atoms with Gasteiger partial charge in [-0.15, -0.1) is 0 Å². The average Bonchev–Trinajstić information content (AvgIpc) is 2.36. The summed E-state index contributed by atoms with van der Waals surface area (Å²) in [7, 11) is 0. The smallest absolute Gasteiger partial charge is 0.152 e. The molecule has 1 saturated heterocycles. The molecular formula is C5H10N2O3. The van der Waals surface area contributed by atoms with E-state index in [-0.39, 0.29) is 0 Å². The van der Waals surface area contributed by atoms with E-state index in [9.17, 15) is 9.90 Å². The van der Waals surface area contributed by atoms with E-state index in [0.717, 1.165) is 6.54 Å². The standard InChI is InChI=1S/C5H10N2O3/c8-4(5(9)10)7-2-1-6-3-7/h4,6,8H,1-3H2,(H,9,10)/t4-/m0/s1. The quantitative estimate of drug-likeness (QED) is 0.415. The number of carboxylic acid groups (broad SMARTS) is 1. The minimum Gasteiger partial charge on any atom is -0.546 e. The first-order chi connectivity index (χ1) is 4.72. The molecule has 0 radical (unpaired) electrons. The van der Waals surface area contributed by atoms with Crippen molar-refractivity contribution in [2.45, 2.75) is 6.23 Å². The molecule has 0 aliphatic carbocycles. The van der Waals surface area contributed by atoms with Crippen molar-refractivity contribution in [1.82, 2.24) is 4.90 Å². The van der Waals surface area contributed by atoms with Gasteiger partial charge in [-0.2, -0.15) is 0 Å². The lowest BCUT2D eigenvalue weighted by Crippen LogP contribution is -2.82. The average molecular weight is 146 g/mol. The van der Waals surface area contributed by atoms with Crippen molar-refractivity contribution in [1.29, 1.82) is 0 Å². The zero-order chi connectivity index (χ0) is 7.56. The zero-order valence-corrected chi connectivity index (χ0v) is 5.49. The number of aliphatic hydroxyl groups excluding tert-OH is 1. The molecule has 5 nitrogen and oxygen atoms in total. The van der Waals surface area contributed by atoms with Crippen molar-refractivity contribution in [2.24, 2.45) is 0 Å². The van der Waals surface area contributed by atoms with Crippen LogP contribution in [-0.2, 0) is 4.79 Å². The van der Waals surface area contributed by atoms with Crippen LogP contribution < -0.4 is 10.4 Å². The highest BCUT2D eigenvalue weighted by Crippen LogP contribution is 1.92. The van der Waals surface area contributed by atoms with Crippen LogP contribution in [0.1, 0.15) is 0 Å². The van der Waals surface area contributed by atoms with Gasteiger partial charge in [0.25, 0.3) is 0 Å². The van der Waals surface area contributed by atoms with Crippen LogP contribution in [0, 0.1) is 0 Å². The Bertz CT molecular complexity index is 133. The molecule has 0 aromatic rings. The van der Waals surface area contributed by atoms with Gasteiger partial charge in [0.2, 0.25) is 0 Å². The third-order valence-corrected chi connectivity index (χ3v) is 1.54. The fourth-order valence-electron chi connectivity index (χ4n) is 0.977. The number of carboxylic acids is 1. The van der Waals surface area contributed by atoms with Gasteiger partial charge < -0.3 is 20.3 Å². The molecule has 1 heterocycles. The van der Waals surface area contributed by atoms with E-state index in [4.69, 9.17) is 5.11 Å². The van der Waals surface area contributed by atoms with Crippen molar-refractivity contribution in [3.05, 3.63) is 0 Å². The van der Waals surface area contributed by atoms with Crippen molar-refractivity contribution in [2.75, 3.05) is 19.8 Å². The SMILES string of the molecule is O=C([O-])[C@H](O)N1CC[NH2+]C1. The van der Waals surface area contributed by atoms with Gasteiger partial charge in [0.15, 0.2) is 6.23 Å². The van der Waals surface area contributed by atoms with Crippen molar-refractivity contribution in [3.63, 3.8) is 0 Å². The monoisotopic (exact) mass is 146 g/mol. The third-order valence-electron chi connectivity index (χ3n) is 1.54. The number of hydrogen-bond acceptors (Lipinski definition) is 4. The number of rotatable bonds is 2. The molecule has 0 saturated carbocycles. The molecule has 0 aromatic carbocycles. The van der Waals surface area contributed by atoms with E-state index >= 15 is 0 Å². The molecule has 1 aliphatic heterocycles. The van der Waals surface area contributed by atoms with Gasteiger partial charge in [0.1, 0.15) is 6.67 Å². The van der Waals surface area contributed by atoms with Gasteiger partial charge in [0.05, 0.1) is 19.1 Å². The van der Waals surface area contributed by atoms with Crippen LogP contribution in [0.25, 0.3) is 0 Å². The largest absolute Gasteiger partial charge is 0.546 e. The van der Waals surface area contributed by atoms with Gasteiger partial charge in [-0.1, -0.05) is 0 Å². The molecule has 1 fully saturated rings. The second-order valence-corrected chi connectivity index (χ2v) is 2.26. The lowest BCUT2D eigenvalue weighted by atomic mass is 10.5. The molecule has 1 atom stereocenters. The summed E-state index contributed by atoms with van der Waals surface area (Å²) < 4.78 is 0. The van der Waals surface area contributed by atoms with Crippen LogP contribution in [0.3, 0.4) is 0 Å². The van der Waals surface area contributed by atoms with E-state index in [1.165, 1.54) is 4.90 Å². The Hall–Kier alpha value is -0.650. The van der Waals surface area contributed by atoms with Crippen molar-refractivity contribution in [3.8, 4) is 0 Å². The number of aliphatic carboxylic acids is 1. The molecule has 0 spiro atoms. The molecule has 3 N–H and O–H groups in total. The number of carbonyl (C=O) groups is 1. The number of aliphatic hydroxyl groups is 1. The number of carbonyl (C=O) groups excluding carboxylic acids is 1. The Morgan fingerprint density at radius 1 is 1.80 bits per heavy atom. The lowest BCUT2D eigenvalue weighted by molar-refractivity contribution is -0.644. The molecular weight excluding hydrogens is 136 g/mol. The number of hydrogen-bond donors (Lipinski definition) is 2. The Balaban J connectivity index is 2.39. The summed E-state index contributed by atoms with van der Waals surface area (Å²) in [4.78, 5) is 11.5. The molecule has 0 amide bonds. The summed E-state index contributed by atoms with van der Waals surface area (Å²) in [6.07, 6.45) is -1.43. The van der Waals surface area contributed by atoms with Gasteiger partial charge >= 0.3 is 0 Å². The highest BCUT2D eigenvalue weighted by molar-refractivity contribution is 5.68. The fourth-order valence-corrected chi connectivity index (χ4v) is 0.977. The molecule has 0 unspecified atom stereocenters. The van der Waals surface area contributed by atoms with Gasteiger partial charge in [-0.25, -0.2) is 4.90 Å². The Morgan fingerprint density at radius 2 is 2.50 bits per heavy atom. The molecule has 1 rings (SSSR count). The second kappa shape index (κ2) is 2.96. The van der Waals surface area contributed by atoms with Gasteiger partial charge in [-0.3, -0.25) is 0 Å². The molecule has 0 aromatic heterocycles. The minimum atomic E-state index is -1.43. The zero-order valence-electron chi connectivity index (χ0n) is 5.49. The Labute approximate surface area is 58.3 Å². The van der Waals surface area contributed by atoms with Crippen LogP contribution in [0.2, 0.25) is 0 Å². The van der Waals surface area contributed by atoms with Crippen LogP contribution in [0.15, 0.2) is 0 Å². The van der Waals surface area contributed by atoms with E-state index in [1.54, 1.807) is 0 Å². The molecule has 5 heteroatoms. The molecule has 1 aliphatic rings. The maximum Gasteiger partial charge on any atom is 0.152 e. The Morgan fingerprint density at radius 3 is 2.90 bits per heavy atom. The summed E-state index contributed by atoms with van der Waals surface area (Å²) in [5.41, 5.74) is 0. The predicted molar refractivity (Wildman–Crippen MR) is 29.4 cm³/mol. The summed E-state index contributed by atoms with van der Waals surface area (Å²) in [5.74, 6) is -1.42. The molecule has 10 heavy (non-hydrogen) atoms. The summed E-state index contributed by atoms with van der Waals surface area (Å²) in [6.45, 7) is 1.98. The predicted octanol–water partition coefficient (Wildman–Crippen LogP) is -4.11. The maximum absolute atomic E-state index is 10.1. The Kier molecular flexibility index (Phi) is 2.21. The van der Waals surface area contributed by atoms with Gasteiger partial charge in [0, 0.05) is 0 Å². The molecule has 0 bridgehead atoms. The van der Waals surface area contributed by atoms with E-state index < -0.39 is 12.2 Å². The van der Waals surface area contributed by atoms with Crippen LogP contribution in [-0.4, -0.2) is 42.0 Å². The minimum absolute atomic E-state index is 0.537. The maximum atomic E-state index is 10.1. The number of nitrogens with two attached hydrogens (primary N) is 1. The highest BCUT2D eigenvalue weighted by atomic mass is 16.4. The van der Waals surface area contributed by atoms with Crippen LogP contribution in [0.4, 0.5) is 0 Å². The summed E-state index contributed by atoms with van der Waals surface area (Å²) in [6, 6.07) is 0. The first-order valence-corrected chi connectivity index (χ1v) is 3.16. The van der Waals surface area contributed by atoms with Crippen LogP contribution >= 0.6 is 0 Å². The number of nitrogens with zero attached hydrogens (tertiary/aromatic N) is 1. The first-order valence-electron chi connectivity index (χ1n) is 3.16. The van der Waals surface area contributed by atoms with Crippen molar-refractivity contribution < 1.29 is 20.3 Å². The fraction of sp³-hybridized carbons (Fsp3) is 0.800.